The Hall–Kier alpha value is -1.21. The Morgan fingerprint density at radius 3 is 3.00 bits per heavy atom. The summed E-state index contributed by atoms with van der Waals surface area (Å²) in [4.78, 5) is 0. The van der Waals surface area contributed by atoms with Crippen molar-refractivity contribution in [2.45, 2.75) is 24.0 Å². The number of benzene rings is 1. The predicted octanol–water partition coefficient (Wildman–Crippen LogP) is 3.17. The number of hydrogen-bond acceptors (Lipinski definition) is 3. The van der Waals surface area contributed by atoms with E-state index in [1.165, 1.54) is 7.11 Å². The van der Waals surface area contributed by atoms with Crippen molar-refractivity contribution in [2.75, 3.05) is 12.9 Å². The Bertz CT molecular complexity index is 449. The van der Waals surface area contributed by atoms with Gasteiger partial charge in [0.25, 0.3) is 0 Å². The van der Waals surface area contributed by atoms with Gasteiger partial charge >= 0.3 is 0 Å². The molecule has 0 bridgehead atoms. The Balaban J connectivity index is 2.27. The van der Waals surface area contributed by atoms with E-state index >= 15 is 0 Å². The van der Waals surface area contributed by atoms with Gasteiger partial charge in [-0.05, 0) is 30.2 Å². The van der Waals surface area contributed by atoms with Gasteiger partial charge in [-0.3, -0.25) is 0 Å². The first-order valence-corrected chi connectivity index (χ1v) is 6.56. The SMILES string of the molecule is COc1cccc(CC2(C#N)CCCS2)c1F. The second-order valence-corrected chi connectivity index (χ2v) is 5.65. The zero-order valence-electron chi connectivity index (χ0n) is 9.70. The molecule has 1 saturated heterocycles. The van der Waals surface area contributed by atoms with Crippen LogP contribution in [-0.4, -0.2) is 17.6 Å². The topological polar surface area (TPSA) is 33.0 Å². The van der Waals surface area contributed by atoms with Crippen molar-refractivity contribution < 1.29 is 9.13 Å². The summed E-state index contributed by atoms with van der Waals surface area (Å²) in [5, 5.41) is 9.27. The molecule has 1 aliphatic rings. The number of thioether (sulfide) groups is 1. The lowest BCUT2D eigenvalue weighted by Gasteiger charge is -2.19. The predicted molar refractivity (Wildman–Crippen MR) is 66.7 cm³/mol. The van der Waals surface area contributed by atoms with Crippen LogP contribution < -0.4 is 4.74 Å². The number of hydrogen-bond donors (Lipinski definition) is 0. The van der Waals surface area contributed by atoms with Gasteiger partial charge in [-0.2, -0.15) is 5.26 Å². The summed E-state index contributed by atoms with van der Waals surface area (Å²) in [6.07, 6.45) is 2.33. The second kappa shape index (κ2) is 4.97. The minimum Gasteiger partial charge on any atom is -0.494 e. The summed E-state index contributed by atoms with van der Waals surface area (Å²) < 4.78 is 18.5. The van der Waals surface area contributed by atoms with Gasteiger partial charge in [0.05, 0.1) is 13.2 Å². The van der Waals surface area contributed by atoms with Crippen molar-refractivity contribution in [3.63, 3.8) is 0 Å². The second-order valence-electron chi connectivity index (χ2n) is 4.17. The van der Waals surface area contributed by atoms with Crippen LogP contribution in [0.3, 0.4) is 0 Å². The molecule has 1 unspecified atom stereocenters. The first-order valence-electron chi connectivity index (χ1n) is 5.57. The van der Waals surface area contributed by atoms with E-state index in [2.05, 4.69) is 6.07 Å². The molecule has 17 heavy (non-hydrogen) atoms. The Morgan fingerprint density at radius 2 is 2.41 bits per heavy atom. The van der Waals surface area contributed by atoms with Crippen molar-refractivity contribution in [1.29, 1.82) is 5.26 Å². The van der Waals surface area contributed by atoms with Crippen molar-refractivity contribution >= 4 is 11.8 Å². The van der Waals surface area contributed by atoms with Gasteiger partial charge in [0.2, 0.25) is 0 Å². The first kappa shape index (κ1) is 12.3. The van der Waals surface area contributed by atoms with Crippen LogP contribution >= 0.6 is 11.8 Å². The van der Waals surface area contributed by atoms with E-state index in [0.717, 1.165) is 18.6 Å². The number of nitriles is 1. The summed E-state index contributed by atoms with van der Waals surface area (Å²) in [6.45, 7) is 0. The molecule has 0 radical (unpaired) electrons. The third kappa shape index (κ3) is 2.39. The van der Waals surface area contributed by atoms with Crippen LogP contribution in [0, 0.1) is 17.1 Å². The lowest BCUT2D eigenvalue weighted by molar-refractivity contribution is 0.383. The van der Waals surface area contributed by atoms with Gasteiger partial charge in [-0.25, -0.2) is 4.39 Å². The highest BCUT2D eigenvalue weighted by molar-refractivity contribution is 8.01. The third-order valence-electron chi connectivity index (χ3n) is 3.05. The maximum Gasteiger partial charge on any atom is 0.168 e. The average molecular weight is 251 g/mol. The monoisotopic (exact) mass is 251 g/mol. The molecule has 1 heterocycles. The quantitative estimate of drug-likeness (QED) is 0.827. The van der Waals surface area contributed by atoms with Gasteiger partial charge in [0.1, 0.15) is 4.75 Å². The molecule has 0 saturated carbocycles. The van der Waals surface area contributed by atoms with E-state index in [0.29, 0.717) is 12.0 Å². The zero-order chi connectivity index (χ0) is 12.3. The normalized spacial score (nSPS) is 23.4. The Kier molecular flexibility index (Phi) is 3.58. The van der Waals surface area contributed by atoms with Crippen LogP contribution in [0.25, 0.3) is 0 Å². The Morgan fingerprint density at radius 1 is 1.59 bits per heavy atom. The summed E-state index contributed by atoms with van der Waals surface area (Å²) in [6, 6.07) is 7.44. The van der Waals surface area contributed by atoms with Gasteiger partial charge < -0.3 is 4.74 Å². The maximum atomic E-state index is 14.0. The summed E-state index contributed by atoms with van der Waals surface area (Å²) in [7, 11) is 1.45. The lowest BCUT2D eigenvalue weighted by Crippen LogP contribution is -2.22. The fourth-order valence-electron chi connectivity index (χ4n) is 2.12. The minimum atomic E-state index is -0.451. The molecule has 90 valence electrons. The summed E-state index contributed by atoms with van der Waals surface area (Å²) in [5.41, 5.74) is 0.570. The van der Waals surface area contributed by atoms with E-state index in [1.807, 2.05) is 0 Å². The van der Waals surface area contributed by atoms with E-state index in [1.54, 1.807) is 30.0 Å². The van der Waals surface area contributed by atoms with E-state index in [9.17, 15) is 9.65 Å². The van der Waals surface area contributed by atoms with Gasteiger partial charge in [-0.15, -0.1) is 11.8 Å². The minimum absolute atomic E-state index is 0.249. The molecular weight excluding hydrogens is 237 g/mol. The lowest BCUT2D eigenvalue weighted by atomic mass is 9.95. The molecule has 1 aromatic rings. The molecular formula is C13H14FNOS. The molecule has 0 aromatic heterocycles. The van der Waals surface area contributed by atoms with E-state index in [4.69, 9.17) is 4.74 Å². The highest BCUT2D eigenvalue weighted by Gasteiger charge is 2.35. The highest BCUT2D eigenvalue weighted by Crippen LogP contribution is 2.41. The van der Waals surface area contributed by atoms with Crippen molar-refractivity contribution in [2.24, 2.45) is 0 Å². The first-order chi connectivity index (χ1) is 8.21. The van der Waals surface area contributed by atoms with Gasteiger partial charge in [0, 0.05) is 6.42 Å². The fraction of sp³-hybridized carbons (Fsp3) is 0.462. The zero-order valence-corrected chi connectivity index (χ0v) is 10.5. The molecule has 1 atom stereocenters. The highest BCUT2D eigenvalue weighted by atomic mass is 32.2. The van der Waals surface area contributed by atoms with Crippen LogP contribution in [0.5, 0.6) is 5.75 Å². The van der Waals surface area contributed by atoms with Gasteiger partial charge in [-0.1, -0.05) is 12.1 Å². The molecule has 2 nitrogen and oxygen atoms in total. The molecule has 0 spiro atoms. The van der Waals surface area contributed by atoms with Crippen LogP contribution in [0.2, 0.25) is 0 Å². The van der Waals surface area contributed by atoms with Crippen LogP contribution in [-0.2, 0) is 6.42 Å². The van der Waals surface area contributed by atoms with E-state index < -0.39 is 4.75 Å². The van der Waals surface area contributed by atoms with Crippen molar-refractivity contribution in [1.82, 2.24) is 0 Å². The molecule has 0 amide bonds. The van der Waals surface area contributed by atoms with Crippen LogP contribution in [0.15, 0.2) is 18.2 Å². The van der Waals surface area contributed by atoms with Crippen molar-refractivity contribution in [3.05, 3.63) is 29.6 Å². The smallest absolute Gasteiger partial charge is 0.168 e. The number of nitrogens with zero attached hydrogens (tertiary/aromatic N) is 1. The van der Waals surface area contributed by atoms with E-state index in [-0.39, 0.29) is 11.6 Å². The number of methoxy groups -OCH3 is 1. The Labute approximate surface area is 105 Å². The molecule has 1 aromatic carbocycles. The molecule has 2 rings (SSSR count). The summed E-state index contributed by atoms with van der Waals surface area (Å²) in [5.74, 6) is 0.898. The van der Waals surface area contributed by atoms with Crippen molar-refractivity contribution in [3.8, 4) is 11.8 Å². The molecule has 4 heteroatoms. The van der Waals surface area contributed by atoms with Gasteiger partial charge in [0.15, 0.2) is 11.6 Å². The molecule has 1 aliphatic heterocycles. The summed E-state index contributed by atoms with van der Waals surface area (Å²) >= 11 is 1.64. The number of ether oxygens (including phenoxy) is 1. The average Bonchev–Trinajstić information content (AvgIpc) is 2.81. The molecule has 0 aliphatic carbocycles. The largest absolute Gasteiger partial charge is 0.494 e. The maximum absolute atomic E-state index is 14.0. The van der Waals surface area contributed by atoms with Crippen LogP contribution in [0.1, 0.15) is 18.4 Å². The fourth-order valence-corrected chi connectivity index (χ4v) is 3.41. The molecule has 1 fully saturated rings. The third-order valence-corrected chi connectivity index (χ3v) is 4.53. The standard InChI is InChI=1S/C13H14FNOS/c1-16-11-5-2-4-10(12(11)14)8-13(9-15)6-3-7-17-13/h2,4-5H,3,6-8H2,1H3. The number of halogens is 1. The van der Waals surface area contributed by atoms with Crippen LogP contribution in [0.4, 0.5) is 4.39 Å². The molecule has 0 N–H and O–H groups in total. The number of rotatable bonds is 3.